The second kappa shape index (κ2) is 9.83. The Balaban J connectivity index is 1.51. The number of fused-ring (bicyclic) bond motifs is 1. The normalized spacial score (nSPS) is 18.8. The monoisotopic (exact) mass is 426 g/mol. The molecule has 1 aromatic heterocycles. The summed E-state index contributed by atoms with van der Waals surface area (Å²) in [5, 5.41) is 8.51. The van der Waals surface area contributed by atoms with E-state index in [0.717, 1.165) is 43.7 Å². The van der Waals surface area contributed by atoms with Crippen molar-refractivity contribution in [3.63, 3.8) is 0 Å². The Kier molecular flexibility index (Phi) is 6.92. The van der Waals surface area contributed by atoms with Crippen molar-refractivity contribution in [2.75, 3.05) is 33.4 Å². The van der Waals surface area contributed by atoms with E-state index in [9.17, 15) is 4.79 Å². The first kappa shape index (κ1) is 21.8. The Bertz CT molecular complexity index is 902. The number of carbonyl (C=O) groups excluding carboxylic acids is 1. The molecular formula is C24H34N4O3. The summed E-state index contributed by atoms with van der Waals surface area (Å²) in [6, 6.07) is 8.48. The van der Waals surface area contributed by atoms with E-state index in [1.165, 1.54) is 11.3 Å². The molecule has 168 valence electrons. The highest BCUT2D eigenvalue weighted by molar-refractivity contribution is 5.94. The smallest absolute Gasteiger partial charge is 0.274 e. The number of nitrogens with zero attached hydrogens (tertiary/aromatic N) is 3. The van der Waals surface area contributed by atoms with Gasteiger partial charge in [-0.2, -0.15) is 5.10 Å². The van der Waals surface area contributed by atoms with Crippen LogP contribution in [-0.2, 0) is 30.7 Å². The number of aromatic nitrogens is 2. The zero-order valence-corrected chi connectivity index (χ0v) is 18.9. The lowest BCUT2D eigenvalue weighted by Gasteiger charge is -2.28. The molecule has 2 aromatic rings. The van der Waals surface area contributed by atoms with E-state index in [2.05, 4.69) is 36.0 Å². The van der Waals surface area contributed by atoms with Gasteiger partial charge in [0.05, 0.1) is 20.3 Å². The maximum atomic E-state index is 13.3. The first-order chi connectivity index (χ1) is 15.0. The minimum absolute atomic E-state index is 0.0514. The zero-order chi connectivity index (χ0) is 21.8. The van der Waals surface area contributed by atoms with Gasteiger partial charge in [0.2, 0.25) is 0 Å². The minimum atomic E-state index is 0.0514. The van der Waals surface area contributed by atoms with Crippen LogP contribution in [0.25, 0.3) is 0 Å². The third-order valence-corrected chi connectivity index (χ3v) is 6.11. The van der Waals surface area contributed by atoms with Gasteiger partial charge in [-0.25, -0.2) is 0 Å². The lowest BCUT2D eigenvalue weighted by Crippen LogP contribution is -2.41. The molecule has 0 spiro atoms. The molecule has 1 amide bonds. The van der Waals surface area contributed by atoms with Crippen molar-refractivity contribution < 1.29 is 14.3 Å². The molecule has 4 rings (SSSR count). The van der Waals surface area contributed by atoms with Gasteiger partial charge in [-0.3, -0.25) is 9.48 Å². The summed E-state index contributed by atoms with van der Waals surface area (Å²) < 4.78 is 12.9. The quantitative estimate of drug-likeness (QED) is 0.737. The number of nitrogens with one attached hydrogen (secondary N) is 1. The van der Waals surface area contributed by atoms with Gasteiger partial charge in [-0.05, 0) is 42.9 Å². The molecule has 7 nitrogen and oxygen atoms in total. The average Bonchev–Trinajstić information content (AvgIpc) is 3.15. The summed E-state index contributed by atoms with van der Waals surface area (Å²) in [5.74, 6) is 1.41. The van der Waals surface area contributed by atoms with Crippen molar-refractivity contribution in [1.29, 1.82) is 0 Å². The lowest BCUT2D eigenvalue weighted by molar-refractivity contribution is 0.0297. The maximum absolute atomic E-state index is 13.3. The second-order valence-electron chi connectivity index (χ2n) is 8.93. The molecule has 31 heavy (non-hydrogen) atoms. The zero-order valence-electron chi connectivity index (χ0n) is 18.9. The predicted octanol–water partition coefficient (Wildman–Crippen LogP) is 2.67. The molecule has 1 fully saturated rings. The number of methoxy groups -OCH3 is 1. The van der Waals surface area contributed by atoms with Crippen LogP contribution in [0.2, 0.25) is 0 Å². The topological polar surface area (TPSA) is 68.6 Å². The molecule has 1 N–H and O–H groups in total. The number of benzene rings is 1. The van der Waals surface area contributed by atoms with E-state index >= 15 is 0 Å². The van der Waals surface area contributed by atoms with E-state index in [1.807, 2.05) is 17.0 Å². The highest BCUT2D eigenvalue weighted by atomic mass is 16.5. The minimum Gasteiger partial charge on any atom is -0.497 e. The predicted molar refractivity (Wildman–Crippen MR) is 119 cm³/mol. The summed E-state index contributed by atoms with van der Waals surface area (Å²) in [5.41, 5.74) is 4.21. The fourth-order valence-corrected chi connectivity index (χ4v) is 4.49. The van der Waals surface area contributed by atoms with Crippen molar-refractivity contribution in [3.05, 3.63) is 46.8 Å². The van der Waals surface area contributed by atoms with E-state index in [-0.39, 0.29) is 5.91 Å². The Morgan fingerprint density at radius 3 is 2.87 bits per heavy atom. The van der Waals surface area contributed by atoms with E-state index < -0.39 is 0 Å². The molecular weight excluding hydrogens is 392 g/mol. The molecule has 0 radical (unpaired) electrons. The highest BCUT2D eigenvalue weighted by Crippen LogP contribution is 2.27. The Morgan fingerprint density at radius 1 is 1.32 bits per heavy atom. The van der Waals surface area contributed by atoms with Gasteiger partial charge in [0.15, 0.2) is 5.69 Å². The summed E-state index contributed by atoms with van der Waals surface area (Å²) in [6.45, 7) is 8.50. The Hall–Kier alpha value is -2.38. The lowest BCUT2D eigenvalue weighted by atomic mass is 9.90. The number of rotatable bonds is 7. The third-order valence-electron chi connectivity index (χ3n) is 6.11. The molecule has 0 bridgehead atoms. The number of ether oxygens (including phenoxy) is 2. The van der Waals surface area contributed by atoms with Crippen LogP contribution < -0.4 is 10.1 Å². The molecule has 1 aliphatic carbocycles. The van der Waals surface area contributed by atoms with E-state index in [1.54, 1.807) is 7.11 Å². The van der Waals surface area contributed by atoms with Crippen LogP contribution in [0.4, 0.5) is 0 Å². The summed E-state index contributed by atoms with van der Waals surface area (Å²) in [4.78, 5) is 15.2. The number of hydrogen-bond donors (Lipinski definition) is 1. The Labute approximate surface area is 184 Å². The fourth-order valence-electron chi connectivity index (χ4n) is 4.49. The van der Waals surface area contributed by atoms with Crippen molar-refractivity contribution in [3.8, 4) is 5.75 Å². The van der Waals surface area contributed by atoms with Gasteiger partial charge in [-0.15, -0.1) is 0 Å². The largest absolute Gasteiger partial charge is 0.497 e. The van der Waals surface area contributed by atoms with Gasteiger partial charge in [-0.1, -0.05) is 26.0 Å². The summed E-state index contributed by atoms with van der Waals surface area (Å²) in [7, 11) is 1.69. The van der Waals surface area contributed by atoms with Gasteiger partial charge in [0.1, 0.15) is 5.75 Å². The second-order valence-corrected chi connectivity index (χ2v) is 8.93. The molecule has 7 heteroatoms. The summed E-state index contributed by atoms with van der Waals surface area (Å²) in [6.07, 6.45) is 2.83. The van der Waals surface area contributed by atoms with Crippen LogP contribution in [0, 0.1) is 5.92 Å². The van der Waals surface area contributed by atoms with Crippen LogP contribution in [0.1, 0.15) is 47.6 Å². The molecule has 2 heterocycles. The van der Waals surface area contributed by atoms with Gasteiger partial charge < -0.3 is 19.7 Å². The van der Waals surface area contributed by atoms with Crippen LogP contribution >= 0.6 is 0 Å². The van der Waals surface area contributed by atoms with Gasteiger partial charge in [0.25, 0.3) is 5.91 Å². The van der Waals surface area contributed by atoms with E-state index in [0.29, 0.717) is 44.0 Å². The van der Waals surface area contributed by atoms with Crippen LogP contribution in [0.3, 0.4) is 0 Å². The summed E-state index contributed by atoms with van der Waals surface area (Å²) >= 11 is 0. The van der Waals surface area contributed by atoms with Crippen LogP contribution in [0.15, 0.2) is 24.3 Å². The molecule has 0 saturated carbocycles. The molecule has 1 aliphatic heterocycles. The number of morpholine rings is 1. The number of carbonyl (C=O) groups is 1. The van der Waals surface area contributed by atoms with Gasteiger partial charge >= 0.3 is 0 Å². The fraction of sp³-hybridized carbons (Fsp3) is 0.583. The maximum Gasteiger partial charge on any atom is 0.274 e. The van der Waals surface area contributed by atoms with Crippen molar-refractivity contribution in [1.82, 2.24) is 20.0 Å². The number of hydrogen-bond acceptors (Lipinski definition) is 5. The standard InChI is InChI=1S/C24H34N4O3/c1-17(2)16-28-22-8-7-19(25-15-18-5-4-6-20(13-18)30-3)14-21(22)23(26-28)24(29)27-9-11-31-12-10-27/h4-6,13,17,19,25H,7-12,14-16H2,1-3H3. The number of amides is 1. The first-order valence-corrected chi connectivity index (χ1v) is 11.4. The van der Waals surface area contributed by atoms with Crippen molar-refractivity contribution in [2.24, 2.45) is 5.92 Å². The van der Waals surface area contributed by atoms with E-state index in [4.69, 9.17) is 14.6 Å². The van der Waals surface area contributed by atoms with Crippen LogP contribution in [-0.4, -0.2) is 60.0 Å². The average molecular weight is 427 g/mol. The van der Waals surface area contributed by atoms with Gasteiger partial charge in [0, 0.05) is 43.5 Å². The molecule has 1 aromatic carbocycles. The van der Waals surface area contributed by atoms with Crippen LogP contribution in [0.5, 0.6) is 5.75 Å². The Morgan fingerprint density at radius 2 is 2.13 bits per heavy atom. The molecule has 1 atom stereocenters. The molecule has 1 saturated heterocycles. The molecule has 1 unspecified atom stereocenters. The molecule has 2 aliphatic rings. The van der Waals surface area contributed by atoms with Crippen molar-refractivity contribution in [2.45, 2.75) is 52.2 Å². The third kappa shape index (κ3) is 5.10. The highest BCUT2D eigenvalue weighted by Gasteiger charge is 2.31. The first-order valence-electron chi connectivity index (χ1n) is 11.4. The van der Waals surface area contributed by atoms with Crippen molar-refractivity contribution >= 4 is 5.91 Å². The SMILES string of the molecule is COc1cccc(CNC2CCc3c(c(C(=O)N4CCOCC4)nn3CC(C)C)C2)c1.